The average Bonchev–Trinajstić information content (AvgIpc) is 3.07. The summed E-state index contributed by atoms with van der Waals surface area (Å²) >= 11 is 3.23. The zero-order valence-electron chi connectivity index (χ0n) is 11.3. The maximum atomic E-state index is 12.6. The fourth-order valence-electron chi connectivity index (χ4n) is 2.39. The molecule has 0 saturated heterocycles. The molecule has 0 spiro atoms. The Morgan fingerprint density at radius 2 is 1.95 bits per heavy atom. The van der Waals surface area contributed by atoms with E-state index in [9.17, 15) is 4.79 Å². The van der Waals surface area contributed by atoms with E-state index in [1.165, 1.54) is 9.40 Å². The second-order valence-electron chi connectivity index (χ2n) is 4.95. The van der Waals surface area contributed by atoms with E-state index in [0.29, 0.717) is 0 Å². The molecular formula is C17H11NOS2. The normalized spacial score (nSPS) is 11.3. The molecule has 102 valence electrons. The van der Waals surface area contributed by atoms with Gasteiger partial charge in [-0.25, -0.2) is 0 Å². The molecule has 3 aromatic heterocycles. The summed E-state index contributed by atoms with van der Waals surface area (Å²) in [5.74, 6) is 0.0888. The predicted molar refractivity (Wildman–Crippen MR) is 89.6 cm³/mol. The number of rotatable bonds is 2. The van der Waals surface area contributed by atoms with Crippen LogP contribution in [-0.4, -0.2) is 10.8 Å². The number of carbonyl (C=O) groups excluding carboxylic acids is 1. The molecule has 0 aliphatic heterocycles. The lowest BCUT2D eigenvalue weighted by atomic mass is 10.1. The fraction of sp³-hybridized carbons (Fsp3) is 0.0588. The number of aromatic nitrogens is 1. The molecule has 3 heterocycles. The standard InChI is InChI=1S/C17H11NOS2/c1-10-2-3-11-8-12(4-5-13(11)18-10)17(19)16-9-15-14(21-16)6-7-20-15/h2-9H,1H3. The summed E-state index contributed by atoms with van der Waals surface area (Å²) in [5.41, 5.74) is 2.64. The van der Waals surface area contributed by atoms with Crippen LogP contribution in [0.2, 0.25) is 0 Å². The Balaban J connectivity index is 1.79. The number of hydrogen-bond acceptors (Lipinski definition) is 4. The summed E-state index contributed by atoms with van der Waals surface area (Å²) in [6, 6.07) is 13.8. The van der Waals surface area contributed by atoms with Gasteiger partial charge >= 0.3 is 0 Å². The highest BCUT2D eigenvalue weighted by Gasteiger charge is 2.14. The van der Waals surface area contributed by atoms with Crippen molar-refractivity contribution < 1.29 is 4.79 Å². The molecule has 0 fully saturated rings. The number of nitrogens with zero attached hydrogens (tertiary/aromatic N) is 1. The van der Waals surface area contributed by atoms with E-state index in [1.807, 2.05) is 43.3 Å². The van der Waals surface area contributed by atoms with Gasteiger partial charge in [-0.3, -0.25) is 9.78 Å². The van der Waals surface area contributed by atoms with E-state index in [4.69, 9.17) is 0 Å². The molecule has 21 heavy (non-hydrogen) atoms. The molecule has 0 amide bonds. The highest BCUT2D eigenvalue weighted by atomic mass is 32.1. The number of aryl methyl sites for hydroxylation is 1. The van der Waals surface area contributed by atoms with Gasteiger partial charge in [-0.2, -0.15) is 0 Å². The van der Waals surface area contributed by atoms with Gasteiger partial charge in [0.15, 0.2) is 0 Å². The molecule has 1 aromatic carbocycles. The largest absolute Gasteiger partial charge is 0.288 e. The molecule has 0 N–H and O–H groups in total. The van der Waals surface area contributed by atoms with Crippen LogP contribution in [0.1, 0.15) is 20.9 Å². The van der Waals surface area contributed by atoms with Crippen LogP contribution >= 0.6 is 22.7 Å². The lowest BCUT2D eigenvalue weighted by molar-refractivity contribution is 0.104. The summed E-state index contributed by atoms with van der Waals surface area (Å²) in [4.78, 5) is 17.9. The van der Waals surface area contributed by atoms with E-state index in [2.05, 4.69) is 16.4 Å². The molecular weight excluding hydrogens is 298 g/mol. The van der Waals surface area contributed by atoms with Crippen molar-refractivity contribution in [1.29, 1.82) is 0 Å². The summed E-state index contributed by atoms with van der Waals surface area (Å²) < 4.78 is 2.36. The Labute approximate surface area is 129 Å². The SMILES string of the molecule is Cc1ccc2cc(C(=O)c3cc4sccc4s3)ccc2n1. The number of fused-ring (bicyclic) bond motifs is 2. The first-order valence-corrected chi connectivity index (χ1v) is 8.29. The van der Waals surface area contributed by atoms with Crippen LogP contribution < -0.4 is 0 Å². The van der Waals surface area contributed by atoms with Crippen molar-refractivity contribution in [2.45, 2.75) is 6.92 Å². The Kier molecular flexibility index (Phi) is 2.87. The van der Waals surface area contributed by atoms with Crippen LogP contribution in [0.4, 0.5) is 0 Å². The smallest absolute Gasteiger partial charge is 0.203 e. The monoisotopic (exact) mass is 309 g/mol. The molecule has 0 aliphatic rings. The minimum absolute atomic E-state index is 0.0888. The first-order chi connectivity index (χ1) is 10.2. The van der Waals surface area contributed by atoms with Gasteiger partial charge in [0.2, 0.25) is 5.78 Å². The van der Waals surface area contributed by atoms with Gasteiger partial charge in [0.25, 0.3) is 0 Å². The zero-order chi connectivity index (χ0) is 14.4. The van der Waals surface area contributed by atoms with Crippen LogP contribution in [0.15, 0.2) is 47.8 Å². The summed E-state index contributed by atoms with van der Waals surface area (Å²) in [6.45, 7) is 1.97. The van der Waals surface area contributed by atoms with Crippen molar-refractivity contribution in [2.24, 2.45) is 0 Å². The van der Waals surface area contributed by atoms with Gasteiger partial charge < -0.3 is 0 Å². The van der Waals surface area contributed by atoms with Gasteiger partial charge in [-0.1, -0.05) is 6.07 Å². The lowest BCUT2D eigenvalue weighted by Crippen LogP contribution is -1.98. The number of pyridine rings is 1. The summed E-state index contributed by atoms with van der Waals surface area (Å²) in [5, 5.41) is 3.06. The van der Waals surface area contributed by atoms with Crippen LogP contribution in [0.25, 0.3) is 20.3 Å². The highest BCUT2D eigenvalue weighted by Crippen LogP contribution is 2.31. The molecule has 2 nitrogen and oxygen atoms in total. The number of thiophene rings is 2. The first-order valence-electron chi connectivity index (χ1n) is 6.60. The molecule has 4 aromatic rings. The molecule has 4 rings (SSSR count). The van der Waals surface area contributed by atoms with Gasteiger partial charge in [-0.15, -0.1) is 22.7 Å². The lowest BCUT2D eigenvalue weighted by Gasteiger charge is -2.02. The summed E-state index contributed by atoms with van der Waals surface area (Å²) in [6.07, 6.45) is 0. The third-order valence-corrected chi connectivity index (χ3v) is 5.55. The minimum Gasteiger partial charge on any atom is -0.288 e. The third-order valence-electron chi connectivity index (χ3n) is 3.45. The summed E-state index contributed by atoms with van der Waals surface area (Å²) in [7, 11) is 0. The molecule has 0 aliphatic carbocycles. The number of ketones is 1. The maximum absolute atomic E-state index is 12.6. The zero-order valence-corrected chi connectivity index (χ0v) is 12.9. The van der Waals surface area contributed by atoms with E-state index >= 15 is 0 Å². The average molecular weight is 309 g/mol. The van der Waals surface area contributed by atoms with Crippen molar-refractivity contribution in [3.8, 4) is 0 Å². The Hall–Kier alpha value is -2.04. The van der Waals surface area contributed by atoms with Crippen molar-refractivity contribution in [2.75, 3.05) is 0 Å². The highest BCUT2D eigenvalue weighted by molar-refractivity contribution is 7.28. The quantitative estimate of drug-likeness (QED) is 0.485. The third kappa shape index (κ3) is 2.17. The van der Waals surface area contributed by atoms with Gasteiger partial charge in [0.1, 0.15) is 0 Å². The van der Waals surface area contributed by atoms with Crippen molar-refractivity contribution in [3.63, 3.8) is 0 Å². The molecule has 0 saturated carbocycles. The fourth-order valence-corrected chi connectivity index (χ4v) is 4.46. The van der Waals surface area contributed by atoms with Crippen molar-refractivity contribution >= 4 is 48.8 Å². The number of carbonyl (C=O) groups is 1. The van der Waals surface area contributed by atoms with Crippen LogP contribution in [0.5, 0.6) is 0 Å². The molecule has 4 heteroatoms. The maximum Gasteiger partial charge on any atom is 0.203 e. The van der Waals surface area contributed by atoms with E-state index in [0.717, 1.165) is 27.0 Å². The van der Waals surface area contributed by atoms with Crippen molar-refractivity contribution in [1.82, 2.24) is 4.98 Å². The molecule has 0 atom stereocenters. The number of hydrogen-bond donors (Lipinski definition) is 0. The second kappa shape index (κ2) is 4.76. The first kappa shape index (κ1) is 12.7. The van der Waals surface area contributed by atoms with Crippen LogP contribution in [-0.2, 0) is 0 Å². The van der Waals surface area contributed by atoms with E-state index < -0.39 is 0 Å². The predicted octanol–water partition coefficient (Wildman–Crippen LogP) is 5.05. The minimum atomic E-state index is 0.0888. The van der Waals surface area contributed by atoms with E-state index in [1.54, 1.807) is 22.7 Å². The van der Waals surface area contributed by atoms with Crippen molar-refractivity contribution in [3.05, 3.63) is 64.0 Å². The van der Waals surface area contributed by atoms with Crippen LogP contribution in [0.3, 0.4) is 0 Å². The van der Waals surface area contributed by atoms with Gasteiger partial charge in [-0.05, 0) is 48.7 Å². The molecule has 0 radical (unpaired) electrons. The Morgan fingerprint density at radius 3 is 2.81 bits per heavy atom. The topological polar surface area (TPSA) is 30.0 Å². The van der Waals surface area contributed by atoms with Gasteiger partial charge in [0, 0.05) is 26.0 Å². The van der Waals surface area contributed by atoms with Gasteiger partial charge in [0.05, 0.1) is 10.4 Å². The molecule has 0 unspecified atom stereocenters. The number of benzene rings is 1. The molecule has 0 bridgehead atoms. The Bertz CT molecular complexity index is 952. The second-order valence-corrected chi connectivity index (χ2v) is 6.98. The van der Waals surface area contributed by atoms with E-state index in [-0.39, 0.29) is 5.78 Å². The van der Waals surface area contributed by atoms with Crippen LogP contribution in [0, 0.1) is 6.92 Å². The Morgan fingerprint density at radius 1 is 1.05 bits per heavy atom.